The fourth-order valence-electron chi connectivity index (χ4n) is 2.63. The average molecular weight is 264 g/mol. The number of aromatic nitrogens is 1. The van der Waals surface area contributed by atoms with Crippen LogP contribution in [-0.4, -0.2) is 35.3 Å². The molecule has 1 aromatic rings. The molecule has 2 heterocycles. The van der Waals surface area contributed by atoms with Gasteiger partial charge < -0.3 is 4.90 Å². The number of rotatable bonds is 5. The van der Waals surface area contributed by atoms with Crippen molar-refractivity contribution in [2.24, 2.45) is 0 Å². The summed E-state index contributed by atoms with van der Waals surface area (Å²) in [5.41, 5.74) is 1.10. The smallest absolute Gasteiger partial charge is 0.171 e. The van der Waals surface area contributed by atoms with Crippen molar-refractivity contribution in [1.82, 2.24) is 9.88 Å². The number of hydrogen-bond acceptors (Lipinski definition) is 4. The molecule has 0 amide bonds. The average Bonchev–Trinajstić information content (AvgIpc) is 2.91. The summed E-state index contributed by atoms with van der Waals surface area (Å²) in [5, 5.41) is 1.16. The van der Waals surface area contributed by atoms with Crippen LogP contribution in [0.1, 0.15) is 58.9 Å². The second-order valence-electron chi connectivity index (χ2n) is 5.45. The van der Waals surface area contributed by atoms with Gasteiger partial charge in [-0.15, -0.1) is 11.3 Å². The fourth-order valence-corrected chi connectivity index (χ4v) is 3.66. The van der Waals surface area contributed by atoms with Crippen molar-refractivity contribution in [2.75, 3.05) is 19.6 Å². The molecule has 0 unspecified atom stereocenters. The Hall–Kier alpha value is -0.740. The van der Waals surface area contributed by atoms with E-state index in [1.54, 1.807) is 18.3 Å². The van der Waals surface area contributed by atoms with E-state index in [1.807, 2.05) is 0 Å². The molecule has 1 aromatic heterocycles. The van der Waals surface area contributed by atoms with Crippen molar-refractivity contribution in [3.05, 3.63) is 15.6 Å². The monoisotopic (exact) mass is 264 g/mol. The van der Waals surface area contributed by atoms with Crippen LogP contribution in [-0.2, 0) is 6.42 Å². The zero-order chi connectivity index (χ0) is 12.5. The minimum Gasteiger partial charge on any atom is -0.303 e. The van der Waals surface area contributed by atoms with Crippen molar-refractivity contribution in [3.8, 4) is 0 Å². The van der Waals surface area contributed by atoms with Gasteiger partial charge in [-0.05, 0) is 38.8 Å². The maximum atomic E-state index is 11.6. The first kappa shape index (κ1) is 12.3. The van der Waals surface area contributed by atoms with Gasteiger partial charge in [-0.25, -0.2) is 4.98 Å². The van der Waals surface area contributed by atoms with Crippen LogP contribution in [0.25, 0.3) is 0 Å². The highest BCUT2D eigenvalue weighted by Gasteiger charge is 2.30. The van der Waals surface area contributed by atoms with E-state index in [0.29, 0.717) is 5.92 Å². The summed E-state index contributed by atoms with van der Waals surface area (Å²) in [4.78, 5) is 19.8. The summed E-state index contributed by atoms with van der Waals surface area (Å²) in [7, 11) is 0. The Morgan fingerprint density at radius 1 is 1.39 bits per heavy atom. The minimum absolute atomic E-state index is 0.196. The fraction of sp³-hybridized carbons (Fsp3) is 0.714. The summed E-state index contributed by atoms with van der Waals surface area (Å²) in [6.07, 6.45) is 6.12. The lowest BCUT2D eigenvalue weighted by Gasteiger charge is -2.12. The second kappa shape index (κ2) is 5.10. The molecule has 98 valence electrons. The Labute approximate surface area is 112 Å². The molecule has 18 heavy (non-hydrogen) atoms. The molecule has 3 rings (SSSR count). The summed E-state index contributed by atoms with van der Waals surface area (Å²) in [6, 6.07) is 0. The van der Waals surface area contributed by atoms with E-state index in [9.17, 15) is 4.79 Å². The summed E-state index contributed by atoms with van der Waals surface area (Å²) < 4.78 is 0. The molecule has 1 aliphatic carbocycles. The van der Waals surface area contributed by atoms with Gasteiger partial charge >= 0.3 is 0 Å². The molecule has 0 N–H and O–H groups in total. The molecular formula is C14H20N2OS. The van der Waals surface area contributed by atoms with E-state index in [0.717, 1.165) is 28.5 Å². The first-order valence-corrected chi connectivity index (χ1v) is 7.78. The van der Waals surface area contributed by atoms with E-state index >= 15 is 0 Å². The third-order valence-electron chi connectivity index (χ3n) is 3.82. The van der Waals surface area contributed by atoms with Gasteiger partial charge in [-0.2, -0.15) is 0 Å². The highest BCUT2D eigenvalue weighted by atomic mass is 32.1. The summed E-state index contributed by atoms with van der Waals surface area (Å²) in [6.45, 7) is 5.25. The van der Waals surface area contributed by atoms with Crippen LogP contribution in [0, 0.1) is 0 Å². The number of hydrogen-bond donors (Lipinski definition) is 0. The lowest BCUT2D eigenvalue weighted by molar-refractivity contribution is 0.102. The zero-order valence-corrected chi connectivity index (χ0v) is 11.8. The molecule has 0 radical (unpaired) electrons. The Kier molecular flexibility index (Phi) is 3.48. The standard InChI is InChI=1S/C14H20N2OS/c1-10(17)14-13(11-4-5-11)15-12(18-14)6-9-16-7-2-3-8-16/h11H,2-9H2,1H3. The molecule has 1 aliphatic heterocycles. The molecule has 3 nitrogen and oxygen atoms in total. The van der Waals surface area contributed by atoms with Crippen LogP contribution >= 0.6 is 11.3 Å². The largest absolute Gasteiger partial charge is 0.303 e. The van der Waals surface area contributed by atoms with Crippen LogP contribution in [0.2, 0.25) is 0 Å². The lowest BCUT2D eigenvalue weighted by Crippen LogP contribution is -2.21. The quantitative estimate of drug-likeness (QED) is 0.767. The normalized spacial score (nSPS) is 20.5. The van der Waals surface area contributed by atoms with Crippen molar-refractivity contribution >= 4 is 17.1 Å². The van der Waals surface area contributed by atoms with Crippen molar-refractivity contribution in [2.45, 2.75) is 44.9 Å². The Morgan fingerprint density at radius 2 is 2.11 bits per heavy atom. The predicted octanol–water partition coefficient (Wildman–Crippen LogP) is 2.86. The third-order valence-corrected chi connectivity index (χ3v) is 5.05. The first-order chi connectivity index (χ1) is 8.74. The van der Waals surface area contributed by atoms with Crippen molar-refractivity contribution in [1.29, 1.82) is 0 Å². The molecule has 0 spiro atoms. The number of carbonyl (C=O) groups excluding carboxylic acids is 1. The molecule has 1 saturated heterocycles. The van der Waals surface area contributed by atoms with Gasteiger partial charge in [0.15, 0.2) is 5.78 Å². The van der Waals surface area contributed by atoms with Crippen LogP contribution in [0.5, 0.6) is 0 Å². The highest BCUT2D eigenvalue weighted by molar-refractivity contribution is 7.13. The van der Waals surface area contributed by atoms with Gasteiger partial charge in [0.25, 0.3) is 0 Å². The van der Waals surface area contributed by atoms with Gasteiger partial charge in [-0.1, -0.05) is 0 Å². The van der Waals surface area contributed by atoms with E-state index in [2.05, 4.69) is 4.90 Å². The lowest BCUT2D eigenvalue weighted by atomic mass is 10.2. The van der Waals surface area contributed by atoms with Gasteiger partial charge in [0.2, 0.25) is 0 Å². The highest BCUT2D eigenvalue weighted by Crippen LogP contribution is 2.42. The SMILES string of the molecule is CC(=O)c1sc(CCN2CCCC2)nc1C1CC1. The van der Waals surface area contributed by atoms with Crippen molar-refractivity contribution in [3.63, 3.8) is 0 Å². The minimum atomic E-state index is 0.196. The Bertz CT molecular complexity index is 445. The second-order valence-corrected chi connectivity index (χ2v) is 6.53. The molecule has 0 atom stereocenters. The Morgan fingerprint density at radius 3 is 2.72 bits per heavy atom. The van der Waals surface area contributed by atoms with Gasteiger partial charge in [0, 0.05) is 25.8 Å². The molecular weight excluding hydrogens is 244 g/mol. The summed E-state index contributed by atoms with van der Waals surface area (Å²) in [5.74, 6) is 0.780. The van der Waals surface area contributed by atoms with E-state index in [-0.39, 0.29) is 5.78 Å². The van der Waals surface area contributed by atoms with Gasteiger partial charge in [0.1, 0.15) is 0 Å². The number of thiazole rings is 1. The van der Waals surface area contributed by atoms with Crippen LogP contribution in [0.15, 0.2) is 0 Å². The zero-order valence-electron chi connectivity index (χ0n) is 10.9. The van der Waals surface area contributed by atoms with Gasteiger partial charge in [-0.3, -0.25) is 4.79 Å². The first-order valence-electron chi connectivity index (χ1n) is 6.97. The molecule has 1 saturated carbocycles. The van der Waals surface area contributed by atoms with E-state index < -0.39 is 0 Å². The third kappa shape index (κ3) is 2.64. The number of Topliss-reactive ketones (excluding diaryl/α,β-unsaturated/α-hetero) is 1. The van der Waals surface area contributed by atoms with Crippen LogP contribution in [0.4, 0.5) is 0 Å². The number of carbonyl (C=O) groups is 1. The number of nitrogens with zero attached hydrogens (tertiary/aromatic N) is 2. The van der Waals surface area contributed by atoms with Crippen LogP contribution < -0.4 is 0 Å². The molecule has 4 heteroatoms. The molecule has 2 fully saturated rings. The molecule has 2 aliphatic rings. The van der Waals surface area contributed by atoms with Crippen molar-refractivity contribution < 1.29 is 4.79 Å². The van der Waals surface area contributed by atoms with E-state index in [4.69, 9.17) is 4.98 Å². The Balaban J connectivity index is 1.67. The predicted molar refractivity (Wildman–Crippen MR) is 73.5 cm³/mol. The number of ketones is 1. The number of likely N-dealkylation sites (tertiary alicyclic amines) is 1. The molecule has 0 bridgehead atoms. The van der Waals surface area contributed by atoms with Gasteiger partial charge in [0.05, 0.1) is 15.6 Å². The topological polar surface area (TPSA) is 33.2 Å². The maximum absolute atomic E-state index is 11.6. The molecule has 0 aromatic carbocycles. The van der Waals surface area contributed by atoms with E-state index in [1.165, 1.54) is 38.8 Å². The van der Waals surface area contributed by atoms with Crippen LogP contribution in [0.3, 0.4) is 0 Å². The maximum Gasteiger partial charge on any atom is 0.171 e. The summed E-state index contributed by atoms with van der Waals surface area (Å²) >= 11 is 1.63.